The number of rotatable bonds is 9. The van der Waals surface area contributed by atoms with Crippen molar-refractivity contribution in [1.29, 1.82) is 0 Å². The largest absolute Gasteiger partial charge is 0.493 e. The van der Waals surface area contributed by atoms with Crippen LogP contribution in [0.2, 0.25) is 0 Å². The minimum atomic E-state index is -0.879. The molecule has 3 heterocycles. The van der Waals surface area contributed by atoms with E-state index in [4.69, 9.17) is 14.2 Å². The third-order valence-corrected chi connectivity index (χ3v) is 8.73. The molecule has 2 aliphatic rings. The average Bonchev–Trinajstić information content (AvgIpc) is 3.30. The second-order valence-electron chi connectivity index (χ2n) is 11.2. The molecule has 0 radical (unpaired) electrons. The number of thiazole rings is 1. The number of aromatic nitrogens is 1. The first kappa shape index (κ1) is 31.9. The van der Waals surface area contributed by atoms with Crippen molar-refractivity contribution >= 4 is 34.8 Å². The Morgan fingerprint density at radius 1 is 1.16 bits per heavy atom. The SMILES string of the molecule is CCOC(=O)C1=C(C)N=c2s/c(=C\c3cc(N4CCN(C)CC4)ccc3[N+](=O)[O-])c(=O)n2[C@H]1c1ccc(OC(C)C)c(OC)c1. The van der Waals surface area contributed by atoms with Crippen molar-refractivity contribution < 1.29 is 23.9 Å². The number of methoxy groups -OCH3 is 1. The van der Waals surface area contributed by atoms with Crippen LogP contribution in [0.1, 0.15) is 44.9 Å². The van der Waals surface area contributed by atoms with Crippen molar-refractivity contribution in [2.75, 3.05) is 51.8 Å². The lowest BCUT2D eigenvalue weighted by molar-refractivity contribution is -0.385. The molecule has 1 aromatic heterocycles. The second kappa shape index (κ2) is 13.2. The highest BCUT2D eigenvalue weighted by atomic mass is 32.1. The highest BCUT2D eigenvalue weighted by Gasteiger charge is 2.34. The van der Waals surface area contributed by atoms with Crippen molar-refractivity contribution in [2.24, 2.45) is 4.99 Å². The van der Waals surface area contributed by atoms with Gasteiger partial charge in [-0.05, 0) is 70.6 Å². The molecular formula is C32H37N5O7S. The molecule has 3 aromatic rings. The molecular weight excluding hydrogens is 598 g/mol. The standard InChI is InChI=1S/C32H37N5O7S/c1-7-43-31(39)28-20(4)33-32-36(29(28)21-8-11-25(44-19(2)3)26(17-21)42-6)30(38)27(45-32)18-22-16-23(9-10-24(22)37(40)41)35-14-12-34(5)13-15-35/h8-11,16-19,29H,7,12-15H2,1-6H3/b27-18-/t29-/m0/s1. The van der Waals surface area contributed by atoms with Gasteiger partial charge in [0.1, 0.15) is 0 Å². The number of nitrogens with zero attached hydrogens (tertiary/aromatic N) is 5. The maximum Gasteiger partial charge on any atom is 0.338 e. The van der Waals surface area contributed by atoms with Crippen LogP contribution >= 0.6 is 11.3 Å². The number of anilines is 1. The Kier molecular flexibility index (Phi) is 9.40. The van der Waals surface area contributed by atoms with Crippen molar-refractivity contribution in [3.05, 3.63) is 88.6 Å². The van der Waals surface area contributed by atoms with Gasteiger partial charge in [0.2, 0.25) is 0 Å². The Bertz CT molecular complexity index is 1840. The molecule has 2 aliphatic heterocycles. The number of nitro groups is 1. The van der Waals surface area contributed by atoms with Crippen LogP contribution in [-0.4, -0.2) is 73.4 Å². The number of esters is 1. The fraction of sp³-hybridized carbons (Fsp3) is 0.406. The molecule has 0 saturated carbocycles. The summed E-state index contributed by atoms with van der Waals surface area (Å²) in [7, 11) is 3.58. The maximum atomic E-state index is 14.2. The number of carbonyl (C=O) groups excluding carboxylic acids is 1. The van der Waals surface area contributed by atoms with Gasteiger partial charge in [-0.3, -0.25) is 19.5 Å². The van der Waals surface area contributed by atoms with E-state index in [0.29, 0.717) is 33.1 Å². The fourth-order valence-electron chi connectivity index (χ4n) is 5.54. The van der Waals surface area contributed by atoms with E-state index < -0.39 is 22.5 Å². The van der Waals surface area contributed by atoms with E-state index in [1.165, 1.54) is 17.7 Å². The van der Waals surface area contributed by atoms with Gasteiger partial charge in [0.05, 0.1) is 52.2 Å². The van der Waals surface area contributed by atoms with Gasteiger partial charge < -0.3 is 24.0 Å². The number of likely N-dealkylation sites (N-methyl/N-ethyl adjacent to an activating group) is 1. The molecule has 0 N–H and O–H groups in total. The van der Waals surface area contributed by atoms with Gasteiger partial charge in [0, 0.05) is 37.9 Å². The summed E-state index contributed by atoms with van der Waals surface area (Å²) in [5.41, 5.74) is 1.85. The van der Waals surface area contributed by atoms with Crippen LogP contribution in [0.3, 0.4) is 0 Å². The minimum Gasteiger partial charge on any atom is -0.493 e. The van der Waals surface area contributed by atoms with Crippen LogP contribution in [0, 0.1) is 10.1 Å². The molecule has 238 valence electrons. The molecule has 12 nitrogen and oxygen atoms in total. The van der Waals surface area contributed by atoms with Crippen LogP contribution in [0.15, 0.2) is 57.5 Å². The third-order valence-electron chi connectivity index (χ3n) is 7.75. The highest BCUT2D eigenvalue weighted by Crippen LogP contribution is 2.36. The monoisotopic (exact) mass is 635 g/mol. The van der Waals surface area contributed by atoms with Crippen molar-refractivity contribution in [2.45, 2.75) is 39.8 Å². The van der Waals surface area contributed by atoms with E-state index in [1.54, 1.807) is 50.3 Å². The Balaban J connectivity index is 1.68. The lowest BCUT2D eigenvalue weighted by Gasteiger charge is -2.34. The molecule has 0 amide bonds. The van der Waals surface area contributed by atoms with Gasteiger partial charge in [-0.15, -0.1) is 0 Å². The van der Waals surface area contributed by atoms with E-state index in [0.717, 1.165) is 43.2 Å². The molecule has 0 spiro atoms. The summed E-state index contributed by atoms with van der Waals surface area (Å²) in [6.45, 7) is 10.7. The zero-order chi connectivity index (χ0) is 32.4. The summed E-state index contributed by atoms with van der Waals surface area (Å²) < 4.78 is 18.6. The highest BCUT2D eigenvalue weighted by molar-refractivity contribution is 7.07. The third kappa shape index (κ3) is 6.50. The number of benzene rings is 2. The molecule has 0 bridgehead atoms. The first-order valence-corrected chi connectivity index (χ1v) is 15.6. The smallest absolute Gasteiger partial charge is 0.338 e. The minimum absolute atomic E-state index is 0.0986. The summed E-state index contributed by atoms with van der Waals surface area (Å²) in [5.74, 6) is 0.377. The van der Waals surface area contributed by atoms with Crippen molar-refractivity contribution in [3.8, 4) is 11.5 Å². The second-order valence-corrected chi connectivity index (χ2v) is 12.2. The number of nitro benzene ring substituents is 1. The Labute approximate surface area is 264 Å². The lowest BCUT2D eigenvalue weighted by atomic mass is 9.95. The first-order valence-electron chi connectivity index (χ1n) is 14.8. The molecule has 2 aromatic carbocycles. The van der Waals surface area contributed by atoms with Gasteiger partial charge in [-0.25, -0.2) is 9.79 Å². The van der Waals surface area contributed by atoms with Crippen molar-refractivity contribution in [1.82, 2.24) is 9.47 Å². The number of carbonyl (C=O) groups is 1. The van der Waals surface area contributed by atoms with Crippen LogP contribution in [0.25, 0.3) is 6.08 Å². The van der Waals surface area contributed by atoms with Gasteiger partial charge in [0.15, 0.2) is 16.3 Å². The quantitative estimate of drug-likeness (QED) is 0.198. The van der Waals surface area contributed by atoms with E-state index in [2.05, 4.69) is 21.8 Å². The predicted octanol–water partition coefficient (Wildman–Crippen LogP) is 3.25. The molecule has 1 saturated heterocycles. The molecule has 0 unspecified atom stereocenters. The molecule has 1 atom stereocenters. The number of ether oxygens (including phenoxy) is 3. The summed E-state index contributed by atoms with van der Waals surface area (Å²) >= 11 is 1.11. The summed E-state index contributed by atoms with van der Waals surface area (Å²) in [6, 6.07) is 9.37. The van der Waals surface area contributed by atoms with E-state index >= 15 is 0 Å². The molecule has 5 rings (SSSR count). The van der Waals surface area contributed by atoms with Crippen LogP contribution < -0.4 is 29.3 Å². The van der Waals surface area contributed by atoms with Crippen LogP contribution in [0.5, 0.6) is 11.5 Å². The van der Waals surface area contributed by atoms with E-state index in [9.17, 15) is 19.7 Å². The van der Waals surface area contributed by atoms with E-state index in [1.807, 2.05) is 13.8 Å². The van der Waals surface area contributed by atoms with Crippen LogP contribution in [0.4, 0.5) is 11.4 Å². The molecule has 1 fully saturated rings. The maximum absolute atomic E-state index is 14.2. The molecule has 13 heteroatoms. The van der Waals surface area contributed by atoms with Gasteiger partial charge in [0.25, 0.3) is 11.2 Å². The van der Waals surface area contributed by atoms with E-state index in [-0.39, 0.29) is 28.5 Å². The zero-order valence-electron chi connectivity index (χ0n) is 26.2. The van der Waals surface area contributed by atoms with Crippen molar-refractivity contribution in [3.63, 3.8) is 0 Å². The Morgan fingerprint density at radius 3 is 2.53 bits per heavy atom. The number of hydrogen-bond donors (Lipinski definition) is 0. The number of fused-ring (bicyclic) bond motifs is 1. The summed E-state index contributed by atoms with van der Waals surface area (Å²) in [6.07, 6.45) is 1.45. The van der Waals surface area contributed by atoms with Gasteiger partial charge in [-0.1, -0.05) is 17.4 Å². The Morgan fingerprint density at radius 2 is 1.89 bits per heavy atom. The fourth-order valence-corrected chi connectivity index (χ4v) is 6.58. The topological polar surface area (TPSA) is 129 Å². The normalized spacial score (nSPS) is 17.3. The average molecular weight is 636 g/mol. The lowest BCUT2D eigenvalue weighted by Crippen LogP contribution is -2.44. The first-order chi connectivity index (χ1) is 21.5. The Hall–Kier alpha value is -4.49. The zero-order valence-corrected chi connectivity index (χ0v) is 27.1. The molecule has 45 heavy (non-hydrogen) atoms. The van der Waals surface area contributed by atoms with Gasteiger partial charge >= 0.3 is 5.97 Å². The van der Waals surface area contributed by atoms with Gasteiger partial charge in [-0.2, -0.15) is 0 Å². The number of allylic oxidation sites excluding steroid dienone is 1. The molecule has 0 aliphatic carbocycles. The summed E-state index contributed by atoms with van der Waals surface area (Å²) in [4.78, 5) is 48.4. The number of hydrogen-bond acceptors (Lipinski definition) is 11. The number of piperazine rings is 1. The summed E-state index contributed by atoms with van der Waals surface area (Å²) in [5, 5.41) is 12.0. The van der Waals surface area contributed by atoms with Crippen LogP contribution in [-0.2, 0) is 9.53 Å². The predicted molar refractivity (Wildman–Crippen MR) is 172 cm³/mol.